The number of aromatic hydroxyl groups is 1. The monoisotopic (exact) mass is 396 g/mol. The van der Waals surface area contributed by atoms with E-state index in [0.29, 0.717) is 5.56 Å². The van der Waals surface area contributed by atoms with Crippen molar-refractivity contribution in [2.75, 3.05) is 12.9 Å². The summed E-state index contributed by atoms with van der Waals surface area (Å²) in [4.78, 5) is 24.0. The lowest BCUT2D eigenvalue weighted by Gasteiger charge is -2.18. The van der Waals surface area contributed by atoms with E-state index in [1.165, 1.54) is 24.3 Å². The highest BCUT2D eigenvalue weighted by Crippen LogP contribution is 2.33. The van der Waals surface area contributed by atoms with E-state index in [1.54, 1.807) is 6.92 Å². The average molecular weight is 396 g/mol. The van der Waals surface area contributed by atoms with Gasteiger partial charge < -0.3 is 19.4 Å². The first kappa shape index (κ1) is 20.7. The van der Waals surface area contributed by atoms with Gasteiger partial charge in [-0.2, -0.15) is 0 Å². The molecule has 0 aliphatic heterocycles. The van der Waals surface area contributed by atoms with Crippen LogP contribution in [0.25, 0.3) is 0 Å². The van der Waals surface area contributed by atoms with E-state index >= 15 is 0 Å². The lowest BCUT2D eigenvalue weighted by Crippen LogP contribution is -2.15. The van der Waals surface area contributed by atoms with Crippen molar-refractivity contribution >= 4 is 15.8 Å². The highest BCUT2D eigenvalue weighted by atomic mass is 32.2. The number of ether oxygens (including phenoxy) is 1. The van der Waals surface area contributed by atoms with Crippen LogP contribution in [0.5, 0.6) is 5.75 Å². The van der Waals surface area contributed by atoms with Gasteiger partial charge >= 0.3 is 5.97 Å². The number of carbonyl (C=O) groups is 1. The van der Waals surface area contributed by atoms with Gasteiger partial charge in [-0.25, -0.2) is 8.42 Å². The third-order valence-corrected chi connectivity index (χ3v) is 4.99. The van der Waals surface area contributed by atoms with Crippen molar-refractivity contribution in [2.45, 2.75) is 30.8 Å². The second-order valence-corrected chi connectivity index (χ2v) is 7.87. The standard InChI is InChI=1S/C18H20O8S/c1-3-25-16(21)9-14(11-4-6-13(7-5-11)27(2,23)24)18-17(22)15(20)8-12(10-19)26-18/h4-8,14,19,22H,3,9-10H2,1-2H3. The predicted molar refractivity (Wildman–Crippen MR) is 95.2 cm³/mol. The summed E-state index contributed by atoms with van der Waals surface area (Å²) < 4.78 is 33.6. The van der Waals surface area contributed by atoms with Crippen molar-refractivity contribution in [3.63, 3.8) is 0 Å². The van der Waals surface area contributed by atoms with Gasteiger partial charge in [-0.15, -0.1) is 0 Å². The average Bonchev–Trinajstić information content (AvgIpc) is 2.62. The fraction of sp³-hybridized carbons (Fsp3) is 0.333. The third kappa shape index (κ3) is 4.95. The summed E-state index contributed by atoms with van der Waals surface area (Å²) in [6.07, 6.45) is 0.811. The first-order valence-electron chi connectivity index (χ1n) is 8.09. The molecule has 0 radical (unpaired) electrons. The number of esters is 1. The topological polar surface area (TPSA) is 131 Å². The molecular formula is C18H20O8S. The number of hydrogen-bond acceptors (Lipinski definition) is 8. The molecule has 1 aromatic carbocycles. The maximum atomic E-state index is 12.0. The zero-order valence-electron chi connectivity index (χ0n) is 14.8. The van der Waals surface area contributed by atoms with Gasteiger partial charge in [-0.3, -0.25) is 9.59 Å². The molecule has 1 unspecified atom stereocenters. The number of rotatable bonds is 7. The summed E-state index contributed by atoms with van der Waals surface area (Å²) in [5.41, 5.74) is -0.328. The summed E-state index contributed by atoms with van der Waals surface area (Å²) in [5, 5.41) is 19.4. The van der Waals surface area contributed by atoms with Crippen LogP contribution >= 0.6 is 0 Å². The molecule has 1 aromatic heterocycles. The van der Waals surface area contributed by atoms with Crippen molar-refractivity contribution in [3.8, 4) is 5.75 Å². The number of carbonyl (C=O) groups excluding carboxylic acids is 1. The number of aliphatic hydroxyl groups excluding tert-OH is 1. The van der Waals surface area contributed by atoms with E-state index in [2.05, 4.69) is 0 Å². The van der Waals surface area contributed by atoms with Crippen LogP contribution < -0.4 is 5.43 Å². The van der Waals surface area contributed by atoms with Crippen molar-refractivity contribution in [3.05, 3.63) is 57.6 Å². The van der Waals surface area contributed by atoms with Crippen molar-refractivity contribution in [2.24, 2.45) is 0 Å². The zero-order valence-corrected chi connectivity index (χ0v) is 15.7. The molecule has 0 bridgehead atoms. The fourth-order valence-corrected chi connectivity index (χ4v) is 3.20. The lowest BCUT2D eigenvalue weighted by molar-refractivity contribution is -0.143. The molecule has 1 atom stereocenters. The molecule has 0 spiro atoms. The molecule has 8 nitrogen and oxygen atoms in total. The van der Waals surface area contributed by atoms with Crippen molar-refractivity contribution < 1.29 is 32.6 Å². The van der Waals surface area contributed by atoms with Crippen molar-refractivity contribution in [1.82, 2.24) is 0 Å². The van der Waals surface area contributed by atoms with Gasteiger partial charge in [0.25, 0.3) is 0 Å². The summed E-state index contributed by atoms with van der Waals surface area (Å²) in [6.45, 7) is 1.21. The second kappa shape index (κ2) is 8.36. The predicted octanol–water partition coefficient (Wildman–Crippen LogP) is 1.33. The number of aliphatic hydroxyl groups is 1. The Balaban J connectivity index is 2.57. The molecule has 0 fully saturated rings. The minimum atomic E-state index is -3.41. The SMILES string of the molecule is CCOC(=O)CC(c1ccc(S(C)(=O)=O)cc1)c1oc(CO)cc(=O)c1O. The maximum Gasteiger partial charge on any atom is 0.306 e. The number of benzene rings is 1. The normalized spacial score (nSPS) is 12.6. The highest BCUT2D eigenvalue weighted by molar-refractivity contribution is 7.90. The molecule has 0 amide bonds. The molecule has 1 heterocycles. The molecule has 9 heteroatoms. The van der Waals surface area contributed by atoms with Crippen LogP contribution in [-0.4, -0.2) is 37.5 Å². The summed E-state index contributed by atoms with van der Waals surface area (Å²) >= 11 is 0. The van der Waals surface area contributed by atoms with Crippen LogP contribution in [0.3, 0.4) is 0 Å². The van der Waals surface area contributed by atoms with Crippen LogP contribution in [0.2, 0.25) is 0 Å². The van der Waals surface area contributed by atoms with E-state index in [9.17, 15) is 28.2 Å². The highest BCUT2D eigenvalue weighted by Gasteiger charge is 2.27. The van der Waals surface area contributed by atoms with E-state index < -0.39 is 39.5 Å². The van der Waals surface area contributed by atoms with Gasteiger partial charge in [0.05, 0.1) is 23.8 Å². The minimum Gasteiger partial charge on any atom is -0.502 e. The van der Waals surface area contributed by atoms with Gasteiger partial charge in [0.1, 0.15) is 12.4 Å². The van der Waals surface area contributed by atoms with Gasteiger partial charge in [0.15, 0.2) is 15.6 Å². The van der Waals surface area contributed by atoms with Crippen LogP contribution in [0, 0.1) is 0 Å². The fourth-order valence-electron chi connectivity index (χ4n) is 2.56. The molecule has 2 aromatic rings. The molecule has 0 saturated carbocycles. The maximum absolute atomic E-state index is 12.0. The molecular weight excluding hydrogens is 376 g/mol. The molecule has 146 valence electrons. The van der Waals surface area contributed by atoms with E-state index in [4.69, 9.17) is 9.15 Å². The van der Waals surface area contributed by atoms with E-state index in [1.807, 2.05) is 0 Å². The van der Waals surface area contributed by atoms with Crippen LogP contribution in [0.4, 0.5) is 0 Å². The number of hydrogen-bond donors (Lipinski definition) is 2. The molecule has 0 aliphatic rings. The van der Waals surface area contributed by atoms with Gasteiger partial charge in [-0.05, 0) is 24.6 Å². The van der Waals surface area contributed by atoms with Crippen LogP contribution in [0.15, 0.2) is 44.4 Å². The molecule has 27 heavy (non-hydrogen) atoms. The first-order valence-corrected chi connectivity index (χ1v) is 9.98. The lowest BCUT2D eigenvalue weighted by atomic mass is 9.92. The summed E-state index contributed by atoms with van der Waals surface area (Å²) in [6, 6.07) is 6.59. The smallest absolute Gasteiger partial charge is 0.306 e. The van der Waals surface area contributed by atoms with Crippen LogP contribution in [-0.2, 0) is 26.0 Å². The Bertz CT molecular complexity index is 973. The second-order valence-electron chi connectivity index (χ2n) is 5.85. The van der Waals surface area contributed by atoms with Crippen LogP contribution in [0.1, 0.15) is 36.3 Å². The Morgan fingerprint density at radius 2 is 1.89 bits per heavy atom. The quantitative estimate of drug-likeness (QED) is 0.670. The van der Waals surface area contributed by atoms with Gasteiger partial charge in [0, 0.05) is 12.3 Å². The van der Waals surface area contributed by atoms with E-state index in [-0.39, 0.29) is 29.4 Å². The van der Waals surface area contributed by atoms with Crippen molar-refractivity contribution in [1.29, 1.82) is 0 Å². The van der Waals surface area contributed by atoms with Gasteiger partial charge in [0.2, 0.25) is 11.2 Å². The molecule has 0 saturated heterocycles. The number of sulfone groups is 1. The summed E-state index contributed by atoms with van der Waals surface area (Å²) in [5.74, 6) is -2.46. The Kier molecular flexibility index (Phi) is 6.40. The molecule has 0 aliphatic carbocycles. The van der Waals surface area contributed by atoms with E-state index in [0.717, 1.165) is 12.3 Å². The Labute approximate surface area is 155 Å². The Morgan fingerprint density at radius 1 is 1.26 bits per heavy atom. The molecule has 2 N–H and O–H groups in total. The Morgan fingerprint density at radius 3 is 2.41 bits per heavy atom. The molecule has 2 rings (SSSR count). The minimum absolute atomic E-state index is 0.0746. The first-order chi connectivity index (χ1) is 12.7. The van der Waals surface area contributed by atoms with Gasteiger partial charge in [-0.1, -0.05) is 12.1 Å². The zero-order chi connectivity index (χ0) is 20.2. The largest absolute Gasteiger partial charge is 0.502 e. The Hall–Kier alpha value is -2.65. The summed E-state index contributed by atoms with van der Waals surface area (Å²) in [7, 11) is -3.41. The third-order valence-electron chi connectivity index (χ3n) is 3.86.